The summed E-state index contributed by atoms with van der Waals surface area (Å²) in [6.07, 6.45) is 0. The van der Waals surface area contributed by atoms with Crippen LogP contribution >= 0.6 is 0 Å². The standard InChI is InChI=1S/C9H10N6O4/c1-3(7-11-9(19)15-14-7)10-8(18)6-4(16)2-5(17)12-13-6/h2-3H,1H3,(H,10,18)(H2,12,16,17)(H2,11,14,15,19). The van der Waals surface area contributed by atoms with Crippen LogP contribution in [0.2, 0.25) is 0 Å². The Labute approximate surface area is 104 Å². The van der Waals surface area contributed by atoms with Crippen molar-refractivity contribution in [1.82, 2.24) is 30.7 Å². The highest BCUT2D eigenvalue weighted by Gasteiger charge is 2.18. The van der Waals surface area contributed by atoms with E-state index in [2.05, 4.69) is 25.6 Å². The maximum atomic E-state index is 11.8. The van der Waals surface area contributed by atoms with Crippen molar-refractivity contribution in [2.75, 3.05) is 0 Å². The predicted octanol–water partition coefficient (Wildman–Crippen LogP) is -1.62. The number of rotatable bonds is 3. The number of carbonyl (C=O) groups excluding carboxylic acids is 1. The number of carbonyl (C=O) groups is 1. The molecule has 0 radical (unpaired) electrons. The lowest BCUT2D eigenvalue weighted by Crippen LogP contribution is -2.29. The quantitative estimate of drug-likeness (QED) is 0.449. The van der Waals surface area contributed by atoms with Gasteiger partial charge in [0.1, 0.15) is 0 Å². The Bertz CT molecular complexity index is 714. The second-order valence-corrected chi connectivity index (χ2v) is 3.72. The van der Waals surface area contributed by atoms with Gasteiger partial charge < -0.3 is 10.4 Å². The van der Waals surface area contributed by atoms with Gasteiger partial charge in [-0.1, -0.05) is 0 Å². The molecule has 0 saturated carbocycles. The van der Waals surface area contributed by atoms with Crippen LogP contribution in [0.1, 0.15) is 29.3 Å². The molecule has 5 N–H and O–H groups in total. The number of hydrogen-bond donors (Lipinski definition) is 5. The molecule has 0 aliphatic heterocycles. The lowest BCUT2D eigenvalue weighted by molar-refractivity contribution is 0.0929. The molecule has 0 spiro atoms. The van der Waals surface area contributed by atoms with Gasteiger partial charge >= 0.3 is 5.69 Å². The van der Waals surface area contributed by atoms with Crippen molar-refractivity contribution >= 4 is 5.91 Å². The van der Waals surface area contributed by atoms with Crippen LogP contribution in [-0.2, 0) is 0 Å². The molecule has 0 fully saturated rings. The summed E-state index contributed by atoms with van der Waals surface area (Å²) in [5.41, 5.74) is -1.45. The third-order valence-electron chi connectivity index (χ3n) is 2.28. The van der Waals surface area contributed by atoms with Crippen LogP contribution in [0.4, 0.5) is 0 Å². The lowest BCUT2D eigenvalue weighted by Gasteiger charge is -2.10. The van der Waals surface area contributed by atoms with Crippen molar-refractivity contribution < 1.29 is 9.90 Å². The maximum absolute atomic E-state index is 11.8. The summed E-state index contributed by atoms with van der Waals surface area (Å²) < 4.78 is 0. The molecule has 10 heteroatoms. The minimum Gasteiger partial charge on any atom is -0.505 e. The van der Waals surface area contributed by atoms with Crippen molar-refractivity contribution in [3.8, 4) is 5.75 Å². The number of nitrogens with zero attached hydrogens (tertiary/aromatic N) is 2. The molecule has 0 aliphatic carbocycles. The first kappa shape index (κ1) is 12.5. The van der Waals surface area contributed by atoms with Crippen LogP contribution in [0, 0.1) is 0 Å². The molecule has 2 aromatic heterocycles. The van der Waals surface area contributed by atoms with Crippen LogP contribution in [0.3, 0.4) is 0 Å². The number of aromatic nitrogens is 5. The second kappa shape index (κ2) is 4.76. The third-order valence-corrected chi connectivity index (χ3v) is 2.28. The van der Waals surface area contributed by atoms with Crippen LogP contribution < -0.4 is 16.6 Å². The zero-order valence-electron chi connectivity index (χ0n) is 9.72. The summed E-state index contributed by atoms with van der Waals surface area (Å²) in [6.45, 7) is 1.58. The molecule has 2 rings (SSSR count). The number of aromatic amines is 3. The van der Waals surface area contributed by atoms with Gasteiger partial charge in [0.25, 0.3) is 11.5 Å². The summed E-state index contributed by atoms with van der Waals surface area (Å²) in [4.78, 5) is 35.9. The topological polar surface area (TPSA) is 157 Å². The van der Waals surface area contributed by atoms with Crippen molar-refractivity contribution in [2.45, 2.75) is 13.0 Å². The van der Waals surface area contributed by atoms with Crippen LogP contribution in [0.25, 0.3) is 0 Å². The summed E-state index contributed by atoms with van der Waals surface area (Å²) in [5.74, 6) is -1.03. The van der Waals surface area contributed by atoms with Gasteiger partial charge in [-0.15, -0.1) is 0 Å². The van der Waals surface area contributed by atoms with Crippen LogP contribution in [-0.4, -0.2) is 36.4 Å². The molecule has 100 valence electrons. The zero-order chi connectivity index (χ0) is 14.0. The Morgan fingerprint density at radius 3 is 2.68 bits per heavy atom. The Hall–Kier alpha value is -2.91. The molecule has 1 unspecified atom stereocenters. The zero-order valence-corrected chi connectivity index (χ0v) is 9.72. The van der Waals surface area contributed by atoms with Gasteiger partial charge in [-0.25, -0.2) is 15.0 Å². The van der Waals surface area contributed by atoms with E-state index < -0.39 is 28.9 Å². The Morgan fingerprint density at radius 1 is 1.37 bits per heavy atom. The van der Waals surface area contributed by atoms with E-state index in [1.165, 1.54) is 0 Å². The van der Waals surface area contributed by atoms with Gasteiger partial charge in [-0.05, 0) is 6.92 Å². The highest BCUT2D eigenvalue weighted by Crippen LogP contribution is 2.11. The maximum Gasteiger partial charge on any atom is 0.340 e. The minimum absolute atomic E-state index is 0.224. The van der Waals surface area contributed by atoms with Gasteiger partial charge in [0.05, 0.1) is 6.04 Å². The van der Waals surface area contributed by atoms with E-state index in [0.717, 1.165) is 6.07 Å². The summed E-state index contributed by atoms with van der Waals surface area (Å²) in [7, 11) is 0. The molecular formula is C9H10N6O4. The van der Waals surface area contributed by atoms with Crippen molar-refractivity contribution in [3.05, 3.63) is 38.4 Å². The van der Waals surface area contributed by atoms with Crippen molar-refractivity contribution in [3.63, 3.8) is 0 Å². The van der Waals surface area contributed by atoms with Gasteiger partial charge in [0.2, 0.25) is 0 Å². The Kier molecular flexibility index (Phi) is 3.14. The molecule has 19 heavy (non-hydrogen) atoms. The summed E-state index contributed by atoms with van der Waals surface area (Å²) >= 11 is 0. The molecule has 0 aliphatic rings. The molecule has 10 nitrogen and oxygen atoms in total. The van der Waals surface area contributed by atoms with E-state index in [-0.39, 0.29) is 11.5 Å². The Balaban J connectivity index is 2.17. The summed E-state index contributed by atoms with van der Waals surface area (Å²) in [6, 6.07) is 0.225. The van der Waals surface area contributed by atoms with Gasteiger partial charge in [0.15, 0.2) is 17.3 Å². The normalized spacial score (nSPS) is 12.1. The highest BCUT2D eigenvalue weighted by molar-refractivity contribution is 5.94. The van der Waals surface area contributed by atoms with Gasteiger partial charge in [-0.3, -0.25) is 14.6 Å². The fourth-order valence-corrected chi connectivity index (χ4v) is 1.38. The molecule has 0 aromatic carbocycles. The smallest absolute Gasteiger partial charge is 0.340 e. The molecule has 1 atom stereocenters. The fraction of sp³-hybridized carbons (Fsp3) is 0.222. The second-order valence-electron chi connectivity index (χ2n) is 3.72. The van der Waals surface area contributed by atoms with Crippen molar-refractivity contribution in [1.29, 1.82) is 0 Å². The number of amides is 1. The monoisotopic (exact) mass is 266 g/mol. The average Bonchev–Trinajstić information content (AvgIpc) is 2.75. The van der Waals surface area contributed by atoms with E-state index in [4.69, 9.17) is 0 Å². The van der Waals surface area contributed by atoms with E-state index in [1.807, 2.05) is 5.10 Å². The first-order chi connectivity index (χ1) is 8.97. The molecule has 0 bridgehead atoms. The van der Waals surface area contributed by atoms with E-state index >= 15 is 0 Å². The van der Waals surface area contributed by atoms with Crippen LogP contribution in [0.15, 0.2) is 15.7 Å². The highest BCUT2D eigenvalue weighted by atomic mass is 16.3. The van der Waals surface area contributed by atoms with E-state index in [1.54, 1.807) is 6.92 Å². The molecule has 2 aromatic rings. The van der Waals surface area contributed by atoms with Crippen LogP contribution in [0.5, 0.6) is 5.75 Å². The average molecular weight is 266 g/mol. The number of nitrogens with one attached hydrogen (secondary N) is 4. The van der Waals surface area contributed by atoms with Gasteiger partial charge in [0, 0.05) is 6.07 Å². The first-order valence-electron chi connectivity index (χ1n) is 5.21. The number of aromatic hydroxyl groups is 1. The lowest BCUT2D eigenvalue weighted by atomic mass is 10.2. The third kappa shape index (κ3) is 2.68. The Morgan fingerprint density at radius 2 is 2.11 bits per heavy atom. The molecular weight excluding hydrogens is 256 g/mol. The molecule has 2 heterocycles. The number of hydrogen-bond acceptors (Lipinski definition) is 6. The fourth-order valence-electron chi connectivity index (χ4n) is 1.38. The molecule has 1 amide bonds. The SMILES string of the molecule is CC(NC(=O)c1n[nH]c(=O)cc1O)c1n[nH]c(=O)[nH]1. The molecule has 0 saturated heterocycles. The largest absolute Gasteiger partial charge is 0.505 e. The van der Waals surface area contributed by atoms with E-state index in [9.17, 15) is 19.5 Å². The number of H-pyrrole nitrogens is 3. The van der Waals surface area contributed by atoms with Crippen molar-refractivity contribution in [2.24, 2.45) is 0 Å². The van der Waals surface area contributed by atoms with Gasteiger partial charge in [-0.2, -0.15) is 10.2 Å². The first-order valence-corrected chi connectivity index (χ1v) is 5.21. The summed E-state index contributed by atoms with van der Waals surface area (Å²) in [5, 5.41) is 23.1. The predicted molar refractivity (Wildman–Crippen MR) is 61.6 cm³/mol. The minimum atomic E-state index is -0.718. The van der Waals surface area contributed by atoms with E-state index in [0.29, 0.717) is 0 Å².